The van der Waals surface area contributed by atoms with Crippen molar-refractivity contribution in [3.8, 4) is 0 Å². The van der Waals surface area contributed by atoms with Gasteiger partial charge in [-0.1, -0.05) is 36.4 Å². The number of carbonyl (C=O) groups is 1. The van der Waals surface area contributed by atoms with E-state index in [0.29, 0.717) is 25.7 Å². The molecule has 0 spiro atoms. The van der Waals surface area contributed by atoms with E-state index in [0.717, 1.165) is 57.4 Å². The van der Waals surface area contributed by atoms with Gasteiger partial charge in [0.2, 0.25) is 0 Å². The molecular weight excluding hydrogens is 414 g/mol. The molecule has 3 N–H and O–H groups in total. The quantitative estimate of drug-likeness (QED) is 0.570. The second-order valence-electron chi connectivity index (χ2n) is 9.08. The minimum absolute atomic E-state index is 0.204. The van der Waals surface area contributed by atoms with Gasteiger partial charge in [0, 0.05) is 38.4 Å². The first kappa shape index (κ1) is 23.7. The largest absolute Gasteiger partial charge is 0.445 e. The monoisotopic (exact) mass is 451 g/mol. The number of carbonyl (C=O) groups excluding carboxylic acids is 1. The fraction of sp³-hybridized carbons (Fsp3) is 0.538. The van der Waals surface area contributed by atoms with E-state index in [2.05, 4.69) is 16.3 Å². The van der Waals surface area contributed by atoms with Crippen LogP contribution in [-0.2, 0) is 17.8 Å². The zero-order valence-electron chi connectivity index (χ0n) is 19.5. The summed E-state index contributed by atoms with van der Waals surface area (Å²) in [4.78, 5) is 21.9. The number of ether oxygens (including phenoxy) is 1. The van der Waals surface area contributed by atoms with Crippen LogP contribution in [0.15, 0.2) is 48.7 Å². The summed E-state index contributed by atoms with van der Waals surface area (Å²) >= 11 is 0. The molecular formula is C26H37N5O2. The first-order valence-corrected chi connectivity index (χ1v) is 12.3. The molecule has 1 aliphatic carbocycles. The Kier molecular flexibility index (Phi) is 8.69. The van der Waals surface area contributed by atoms with Crippen LogP contribution in [0.3, 0.4) is 0 Å². The number of unbranched alkanes of at least 4 members (excludes halogenated alkanes) is 1. The molecule has 1 aromatic carbocycles. The van der Waals surface area contributed by atoms with Gasteiger partial charge in [-0.25, -0.2) is 4.79 Å². The molecule has 2 aliphatic rings. The maximum Gasteiger partial charge on any atom is 0.410 e. The number of fused-ring (bicyclic) bond motifs is 1. The third kappa shape index (κ3) is 6.53. The number of nitrogens with one attached hydrogen (secondary N) is 1. The molecule has 0 radical (unpaired) electrons. The standard InChI is InChI=1S/C26H37N5O2/c27-13-4-5-16-30(24-12-6-10-22-11-7-14-29-25(22)24)18-23-19-31(17-15-28-23)26(32)33-20-21-8-2-1-3-9-21/h1-3,7-9,11,14,23-24,28H,4-6,10,12-13,15-20,27H2/t23-,24-/m0/s1. The van der Waals surface area contributed by atoms with E-state index < -0.39 is 0 Å². The molecule has 4 rings (SSSR count). The van der Waals surface area contributed by atoms with Crippen molar-refractivity contribution in [2.24, 2.45) is 5.73 Å². The topological polar surface area (TPSA) is 83.7 Å². The summed E-state index contributed by atoms with van der Waals surface area (Å²) in [5.41, 5.74) is 9.38. The maximum absolute atomic E-state index is 12.7. The van der Waals surface area contributed by atoms with Crippen LogP contribution in [0, 0.1) is 0 Å². The molecule has 0 bridgehead atoms. The number of piperazine rings is 1. The summed E-state index contributed by atoms with van der Waals surface area (Å²) < 4.78 is 5.58. The molecule has 1 aliphatic heterocycles. The minimum atomic E-state index is -0.232. The van der Waals surface area contributed by atoms with Gasteiger partial charge in [-0.05, 0) is 62.4 Å². The van der Waals surface area contributed by atoms with Crippen LogP contribution in [0.5, 0.6) is 0 Å². The number of benzene rings is 1. The van der Waals surface area contributed by atoms with E-state index in [1.165, 1.54) is 17.7 Å². The van der Waals surface area contributed by atoms with E-state index in [4.69, 9.17) is 15.5 Å². The van der Waals surface area contributed by atoms with Crippen molar-refractivity contribution in [1.29, 1.82) is 0 Å². The lowest BCUT2D eigenvalue weighted by Crippen LogP contribution is -2.57. The molecule has 2 heterocycles. The van der Waals surface area contributed by atoms with Crippen LogP contribution in [-0.4, -0.2) is 66.2 Å². The summed E-state index contributed by atoms with van der Waals surface area (Å²) in [7, 11) is 0. The van der Waals surface area contributed by atoms with Crippen LogP contribution in [0.25, 0.3) is 0 Å². The van der Waals surface area contributed by atoms with Crippen molar-refractivity contribution in [2.75, 3.05) is 39.3 Å². The maximum atomic E-state index is 12.7. The Morgan fingerprint density at radius 3 is 2.94 bits per heavy atom. The van der Waals surface area contributed by atoms with Crippen molar-refractivity contribution < 1.29 is 9.53 Å². The second kappa shape index (κ2) is 12.1. The molecule has 0 saturated carbocycles. The highest BCUT2D eigenvalue weighted by atomic mass is 16.6. The number of nitrogens with two attached hydrogens (primary N) is 1. The van der Waals surface area contributed by atoms with E-state index >= 15 is 0 Å². The van der Waals surface area contributed by atoms with Crippen LogP contribution < -0.4 is 11.1 Å². The first-order chi connectivity index (χ1) is 16.2. The van der Waals surface area contributed by atoms with Gasteiger partial charge in [0.05, 0.1) is 11.7 Å². The van der Waals surface area contributed by atoms with E-state index in [9.17, 15) is 4.79 Å². The van der Waals surface area contributed by atoms with Crippen LogP contribution in [0.2, 0.25) is 0 Å². The molecule has 178 valence electrons. The molecule has 1 fully saturated rings. The van der Waals surface area contributed by atoms with Crippen LogP contribution in [0.4, 0.5) is 4.79 Å². The van der Waals surface area contributed by atoms with Gasteiger partial charge in [-0.2, -0.15) is 0 Å². The third-order valence-electron chi connectivity index (χ3n) is 6.68. The van der Waals surface area contributed by atoms with Gasteiger partial charge in [0.15, 0.2) is 0 Å². The predicted molar refractivity (Wildman–Crippen MR) is 130 cm³/mol. The lowest BCUT2D eigenvalue weighted by molar-refractivity contribution is 0.0750. The molecule has 7 nitrogen and oxygen atoms in total. The van der Waals surface area contributed by atoms with E-state index in [-0.39, 0.29) is 12.1 Å². The summed E-state index contributed by atoms with van der Waals surface area (Å²) in [5, 5.41) is 3.63. The Balaban J connectivity index is 1.38. The van der Waals surface area contributed by atoms with Crippen LogP contribution >= 0.6 is 0 Å². The number of hydrogen-bond donors (Lipinski definition) is 2. The molecule has 1 saturated heterocycles. The highest BCUT2D eigenvalue weighted by Crippen LogP contribution is 2.33. The molecule has 33 heavy (non-hydrogen) atoms. The average molecular weight is 452 g/mol. The van der Waals surface area contributed by atoms with Gasteiger partial charge < -0.3 is 20.7 Å². The fourth-order valence-corrected chi connectivity index (χ4v) is 4.98. The summed E-state index contributed by atoms with van der Waals surface area (Å²) in [6.45, 7) is 5.01. The average Bonchev–Trinajstić information content (AvgIpc) is 2.87. The number of aryl methyl sites for hydroxylation is 1. The number of pyridine rings is 1. The Bertz CT molecular complexity index is 878. The number of hydrogen-bond acceptors (Lipinski definition) is 6. The Hall–Kier alpha value is -2.48. The van der Waals surface area contributed by atoms with Crippen molar-refractivity contribution in [1.82, 2.24) is 20.1 Å². The van der Waals surface area contributed by atoms with E-state index in [1.54, 1.807) is 0 Å². The van der Waals surface area contributed by atoms with Crippen molar-refractivity contribution in [2.45, 2.75) is 50.8 Å². The van der Waals surface area contributed by atoms with Gasteiger partial charge >= 0.3 is 6.09 Å². The Morgan fingerprint density at radius 2 is 2.09 bits per heavy atom. The third-order valence-corrected chi connectivity index (χ3v) is 6.68. The fourth-order valence-electron chi connectivity index (χ4n) is 4.98. The van der Waals surface area contributed by atoms with Crippen molar-refractivity contribution in [3.05, 3.63) is 65.5 Å². The molecule has 2 aromatic rings. The normalized spacial score (nSPS) is 20.5. The van der Waals surface area contributed by atoms with E-state index in [1.807, 2.05) is 47.5 Å². The summed E-state index contributed by atoms with van der Waals surface area (Å²) in [6.07, 6.45) is 7.20. The lowest BCUT2D eigenvalue weighted by atomic mass is 9.90. The second-order valence-corrected chi connectivity index (χ2v) is 9.08. The molecule has 2 atom stereocenters. The number of nitrogens with zero attached hydrogens (tertiary/aromatic N) is 3. The predicted octanol–water partition coefficient (Wildman–Crippen LogP) is 3.11. The molecule has 1 amide bonds. The molecule has 1 aromatic heterocycles. The van der Waals surface area contributed by atoms with Crippen molar-refractivity contribution >= 4 is 6.09 Å². The lowest BCUT2D eigenvalue weighted by Gasteiger charge is -2.40. The van der Waals surface area contributed by atoms with Gasteiger partial charge in [0.1, 0.15) is 6.61 Å². The number of amides is 1. The summed E-state index contributed by atoms with van der Waals surface area (Å²) in [6, 6.07) is 14.6. The zero-order valence-corrected chi connectivity index (χ0v) is 19.5. The van der Waals surface area contributed by atoms with Gasteiger partial charge in [0.25, 0.3) is 0 Å². The SMILES string of the molecule is NCCCCN(C[C@H]1CN(C(=O)OCc2ccccc2)CCN1)[C@H]1CCCc2cccnc21. The Morgan fingerprint density at radius 1 is 1.21 bits per heavy atom. The molecule has 7 heteroatoms. The first-order valence-electron chi connectivity index (χ1n) is 12.3. The Labute approximate surface area is 197 Å². The minimum Gasteiger partial charge on any atom is -0.445 e. The molecule has 0 unspecified atom stereocenters. The van der Waals surface area contributed by atoms with Crippen LogP contribution in [0.1, 0.15) is 48.5 Å². The summed E-state index contributed by atoms with van der Waals surface area (Å²) in [5.74, 6) is 0. The zero-order chi connectivity index (χ0) is 22.9. The highest BCUT2D eigenvalue weighted by molar-refractivity contribution is 5.67. The highest BCUT2D eigenvalue weighted by Gasteiger charge is 2.31. The number of rotatable bonds is 9. The van der Waals surface area contributed by atoms with Gasteiger partial charge in [-0.3, -0.25) is 9.88 Å². The smallest absolute Gasteiger partial charge is 0.410 e. The van der Waals surface area contributed by atoms with Crippen molar-refractivity contribution in [3.63, 3.8) is 0 Å². The number of aromatic nitrogens is 1. The van der Waals surface area contributed by atoms with Gasteiger partial charge in [-0.15, -0.1) is 0 Å².